The van der Waals surface area contributed by atoms with Crippen LogP contribution in [0.25, 0.3) is 0 Å². The largest absolute Gasteiger partial charge is 0.0830 e. The average molecular weight is 266 g/mol. The summed E-state index contributed by atoms with van der Waals surface area (Å²) in [6.45, 7) is 0. The summed E-state index contributed by atoms with van der Waals surface area (Å²) in [5, 5.41) is 1.42. The quantitative estimate of drug-likeness (QED) is 0.650. The van der Waals surface area contributed by atoms with Gasteiger partial charge in [0, 0.05) is 0 Å². The van der Waals surface area contributed by atoms with Crippen LogP contribution in [-0.4, -0.2) is 0 Å². The zero-order chi connectivity index (χ0) is 8.72. The summed E-state index contributed by atoms with van der Waals surface area (Å²) in [5.41, 5.74) is 1.27. The zero-order valence-corrected chi connectivity index (χ0v) is 9.38. The fourth-order valence-corrected chi connectivity index (χ4v) is 1.96. The molecule has 0 saturated heterocycles. The van der Waals surface area contributed by atoms with Gasteiger partial charge in [-0.1, -0.05) is 23.2 Å². The van der Waals surface area contributed by atoms with E-state index in [1.54, 1.807) is 0 Å². The lowest BCUT2D eigenvalue weighted by molar-refractivity contribution is 1.13. The third kappa shape index (κ3) is 1.63. The highest BCUT2D eigenvalue weighted by molar-refractivity contribution is 9.10. The molecule has 0 nitrogen and oxygen atoms in total. The fraction of sp³-hybridized carbons (Fsp3) is 0.333. The van der Waals surface area contributed by atoms with Gasteiger partial charge in [-0.15, -0.1) is 0 Å². The Bertz CT molecular complexity index is 295. The van der Waals surface area contributed by atoms with Gasteiger partial charge in [-0.3, -0.25) is 0 Å². The van der Waals surface area contributed by atoms with Gasteiger partial charge in [-0.25, -0.2) is 0 Å². The Morgan fingerprint density at radius 2 is 1.67 bits per heavy atom. The van der Waals surface area contributed by atoms with Gasteiger partial charge in [0.1, 0.15) is 0 Å². The van der Waals surface area contributed by atoms with Crippen molar-refractivity contribution in [2.45, 2.75) is 18.8 Å². The van der Waals surface area contributed by atoms with Gasteiger partial charge >= 0.3 is 0 Å². The monoisotopic (exact) mass is 264 g/mol. The molecule has 1 aliphatic carbocycles. The molecule has 1 aromatic carbocycles. The number of halogens is 3. The maximum atomic E-state index is 5.96. The Hall–Kier alpha value is 0.280. The molecule has 3 heteroatoms. The Morgan fingerprint density at radius 1 is 1.17 bits per heavy atom. The molecule has 0 radical (unpaired) electrons. The molecule has 0 unspecified atom stereocenters. The molecule has 0 heterocycles. The molecule has 0 amide bonds. The minimum atomic E-state index is 0.702. The molecule has 0 bridgehead atoms. The van der Waals surface area contributed by atoms with Crippen LogP contribution in [0.2, 0.25) is 10.0 Å². The summed E-state index contributed by atoms with van der Waals surface area (Å²) in [7, 11) is 0. The van der Waals surface area contributed by atoms with Crippen molar-refractivity contribution in [2.75, 3.05) is 0 Å². The molecule has 12 heavy (non-hydrogen) atoms. The van der Waals surface area contributed by atoms with Crippen LogP contribution in [0.4, 0.5) is 0 Å². The van der Waals surface area contributed by atoms with E-state index in [0.717, 1.165) is 4.47 Å². The van der Waals surface area contributed by atoms with Gasteiger partial charge < -0.3 is 0 Å². The number of benzene rings is 1. The minimum Gasteiger partial charge on any atom is -0.0830 e. The molecule has 1 fully saturated rings. The molecule has 64 valence electrons. The Morgan fingerprint density at radius 3 is 2.08 bits per heavy atom. The van der Waals surface area contributed by atoms with Crippen LogP contribution >= 0.6 is 39.1 Å². The molecule has 2 rings (SSSR count). The molecular formula is C9H7BrCl2. The van der Waals surface area contributed by atoms with Crippen LogP contribution in [0.1, 0.15) is 24.3 Å². The van der Waals surface area contributed by atoms with Crippen LogP contribution in [0.5, 0.6) is 0 Å². The molecule has 0 aliphatic heterocycles. The van der Waals surface area contributed by atoms with E-state index >= 15 is 0 Å². The van der Waals surface area contributed by atoms with E-state index < -0.39 is 0 Å². The topological polar surface area (TPSA) is 0 Å². The SMILES string of the molecule is Clc1cc(C2CC2)cc(Cl)c1Br. The normalized spacial score (nSPS) is 16.6. The van der Waals surface area contributed by atoms with Crippen LogP contribution in [0.3, 0.4) is 0 Å². The lowest BCUT2D eigenvalue weighted by atomic mass is 10.1. The second kappa shape index (κ2) is 3.21. The molecule has 0 spiro atoms. The molecular weight excluding hydrogens is 259 g/mol. The first-order chi connectivity index (χ1) is 5.68. The maximum Gasteiger partial charge on any atom is 0.0566 e. The van der Waals surface area contributed by atoms with Crippen LogP contribution in [0.15, 0.2) is 16.6 Å². The van der Waals surface area contributed by atoms with Crippen molar-refractivity contribution in [3.63, 3.8) is 0 Å². The molecule has 1 aromatic rings. The van der Waals surface area contributed by atoms with E-state index in [-0.39, 0.29) is 0 Å². The summed E-state index contributed by atoms with van der Waals surface area (Å²) in [4.78, 5) is 0. The smallest absolute Gasteiger partial charge is 0.0566 e. The molecule has 0 aromatic heterocycles. The van der Waals surface area contributed by atoms with Gasteiger partial charge in [-0.05, 0) is 52.4 Å². The summed E-state index contributed by atoms with van der Waals surface area (Å²) >= 11 is 15.2. The highest BCUT2D eigenvalue weighted by Crippen LogP contribution is 2.43. The fourth-order valence-electron chi connectivity index (χ4n) is 1.23. The van der Waals surface area contributed by atoms with E-state index in [1.165, 1.54) is 18.4 Å². The summed E-state index contributed by atoms with van der Waals surface area (Å²) in [6, 6.07) is 3.99. The predicted octanol–water partition coefficient (Wildman–Crippen LogP) is 4.63. The van der Waals surface area contributed by atoms with Crippen molar-refractivity contribution in [3.05, 3.63) is 32.2 Å². The number of hydrogen-bond acceptors (Lipinski definition) is 0. The first-order valence-electron chi connectivity index (χ1n) is 3.83. The predicted molar refractivity (Wildman–Crippen MR) is 56.1 cm³/mol. The maximum absolute atomic E-state index is 5.96. The molecule has 0 N–H and O–H groups in total. The van der Waals surface area contributed by atoms with Crippen LogP contribution < -0.4 is 0 Å². The zero-order valence-electron chi connectivity index (χ0n) is 6.28. The number of hydrogen-bond donors (Lipinski definition) is 0. The van der Waals surface area contributed by atoms with Crippen molar-refractivity contribution in [1.29, 1.82) is 0 Å². The Labute approximate surface area is 90.0 Å². The highest BCUT2D eigenvalue weighted by Gasteiger charge is 2.24. The van der Waals surface area contributed by atoms with E-state index in [9.17, 15) is 0 Å². The Balaban J connectivity index is 2.45. The van der Waals surface area contributed by atoms with Crippen molar-refractivity contribution in [2.24, 2.45) is 0 Å². The first kappa shape index (κ1) is 8.86. The summed E-state index contributed by atoms with van der Waals surface area (Å²) in [6.07, 6.45) is 2.54. The summed E-state index contributed by atoms with van der Waals surface area (Å²) in [5.74, 6) is 0.702. The minimum absolute atomic E-state index is 0.702. The number of rotatable bonds is 1. The van der Waals surface area contributed by atoms with Gasteiger partial charge in [0.05, 0.1) is 14.5 Å². The van der Waals surface area contributed by atoms with Crippen LogP contribution in [-0.2, 0) is 0 Å². The van der Waals surface area contributed by atoms with Crippen molar-refractivity contribution < 1.29 is 0 Å². The van der Waals surface area contributed by atoms with E-state index in [1.807, 2.05) is 12.1 Å². The average Bonchev–Trinajstić information content (AvgIpc) is 2.81. The molecule has 1 saturated carbocycles. The summed E-state index contributed by atoms with van der Waals surface area (Å²) < 4.78 is 0.801. The van der Waals surface area contributed by atoms with Gasteiger partial charge in [0.2, 0.25) is 0 Å². The second-order valence-corrected chi connectivity index (χ2v) is 4.68. The first-order valence-corrected chi connectivity index (χ1v) is 5.38. The van der Waals surface area contributed by atoms with E-state index in [4.69, 9.17) is 23.2 Å². The second-order valence-electron chi connectivity index (χ2n) is 3.07. The van der Waals surface area contributed by atoms with Crippen molar-refractivity contribution in [1.82, 2.24) is 0 Å². The van der Waals surface area contributed by atoms with Crippen molar-refractivity contribution >= 4 is 39.1 Å². The van der Waals surface area contributed by atoms with Crippen LogP contribution in [0, 0.1) is 0 Å². The van der Waals surface area contributed by atoms with Gasteiger partial charge in [0.15, 0.2) is 0 Å². The standard InChI is InChI=1S/C9H7BrCl2/c10-9-7(11)3-6(4-8(9)12)5-1-2-5/h3-5H,1-2H2. The van der Waals surface area contributed by atoms with Crippen molar-refractivity contribution in [3.8, 4) is 0 Å². The molecule has 0 atom stereocenters. The highest BCUT2D eigenvalue weighted by atomic mass is 79.9. The van der Waals surface area contributed by atoms with E-state index in [0.29, 0.717) is 16.0 Å². The third-order valence-electron chi connectivity index (χ3n) is 2.05. The van der Waals surface area contributed by atoms with Gasteiger partial charge in [-0.2, -0.15) is 0 Å². The lowest BCUT2D eigenvalue weighted by Gasteiger charge is -2.03. The lowest BCUT2D eigenvalue weighted by Crippen LogP contribution is -1.81. The Kier molecular flexibility index (Phi) is 2.37. The van der Waals surface area contributed by atoms with Gasteiger partial charge in [0.25, 0.3) is 0 Å². The molecule has 1 aliphatic rings. The third-order valence-corrected chi connectivity index (χ3v) is 3.96. The van der Waals surface area contributed by atoms with E-state index in [2.05, 4.69) is 15.9 Å².